The first-order valence-corrected chi connectivity index (χ1v) is 6.81. The first kappa shape index (κ1) is 14.3. The first-order valence-electron chi connectivity index (χ1n) is 6.81. The molecule has 6 heteroatoms. The largest absolute Gasteiger partial charge is 0.396 e. The van der Waals surface area contributed by atoms with Crippen LogP contribution in [0.3, 0.4) is 0 Å². The Labute approximate surface area is 113 Å². The lowest BCUT2D eigenvalue weighted by Gasteiger charge is -2.47. The third-order valence-electron chi connectivity index (χ3n) is 3.96. The monoisotopic (exact) mass is 270 g/mol. The number of aliphatic hydroxyl groups is 2. The number of nitrogens with zero attached hydrogens (tertiary/aromatic N) is 2. The summed E-state index contributed by atoms with van der Waals surface area (Å²) in [6.07, 6.45) is 1.15. The van der Waals surface area contributed by atoms with Crippen LogP contribution in [-0.4, -0.2) is 70.7 Å². The molecule has 2 heterocycles. The summed E-state index contributed by atoms with van der Waals surface area (Å²) in [5, 5.41) is 18.8. The quantitative estimate of drug-likeness (QED) is 0.703. The van der Waals surface area contributed by atoms with Gasteiger partial charge in [0.25, 0.3) is 5.91 Å². The van der Waals surface area contributed by atoms with Gasteiger partial charge in [-0.3, -0.25) is 9.59 Å². The van der Waals surface area contributed by atoms with E-state index in [9.17, 15) is 14.7 Å². The number of carbonyl (C=O) groups is 2. The molecule has 2 aliphatic heterocycles. The number of aliphatic hydroxyl groups excluding tert-OH is 2. The molecule has 0 bridgehead atoms. The molecule has 2 N–H and O–H groups in total. The number of likely N-dealkylation sites (tertiary alicyclic amines) is 2. The fraction of sp³-hybridized carbons (Fsp3) is 0.846. The third kappa shape index (κ3) is 3.06. The van der Waals surface area contributed by atoms with Crippen LogP contribution in [0.5, 0.6) is 0 Å². The molecule has 1 unspecified atom stereocenters. The molecule has 6 nitrogen and oxygen atoms in total. The Hall–Kier alpha value is -1.14. The molecule has 0 aromatic rings. The van der Waals surface area contributed by atoms with Gasteiger partial charge in [0.15, 0.2) is 0 Å². The van der Waals surface area contributed by atoms with Crippen molar-refractivity contribution in [3.05, 3.63) is 0 Å². The van der Waals surface area contributed by atoms with Gasteiger partial charge in [0, 0.05) is 25.0 Å². The lowest BCUT2D eigenvalue weighted by atomic mass is 9.83. The summed E-state index contributed by atoms with van der Waals surface area (Å²) in [6, 6.07) is 0. The zero-order chi connectivity index (χ0) is 14.0. The second-order valence-electron chi connectivity index (χ2n) is 5.99. The summed E-state index contributed by atoms with van der Waals surface area (Å²) in [6.45, 7) is 3.64. The van der Waals surface area contributed by atoms with Gasteiger partial charge in [-0.2, -0.15) is 0 Å². The standard InChI is InChI=1S/C13H22N2O4/c1-13(9-16)7-15(8-13)11(18)6-14-5-3-2-4-10(17)12(14)19/h10,16-17H,2-9H2,1H3. The fourth-order valence-electron chi connectivity index (χ4n) is 2.66. The molecular formula is C13H22N2O4. The minimum Gasteiger partial charge on any atom is -0.396 e. The third-order valence-corrected chi connectivity index (χ3v) is 3.96. The highest BCUT2D eigenvalue weighted by Gasteiger charge is 2.41. The van der Waals surface area contributed by atoms with Gasteiger partial charge in [0.1, 0.15) is 6.10 Å². The average molecular weight is 270 g/mol. The van der Waals surface area contributed by atoms with Gasteiger partial charge in [-0.15, -0.1) is 0 Å². The van der Waals surface area contributed by atoms with Crippen LogP contribution in [0.1, 0.15) is 26.2 Å². The highest BCUT2D eigenvalue weighted by molar-refractivity contribution is 5.87. The number of amides is 2. The summed E-state index contributed by atoms with van der Waals surface area (Å²) in [5.41, 5.74) is -0.196. The van der Waals surface area contributed by atoms with Crippen molar-refractivity contribution in [2.24, 2.45) is 5.41 Å². The number of hydrogen-bond acceptors (Lipinski definition) is 4. The van der Waals surface area contributed by atoms with Gasteiger partial charge in [-0.05, 0) is 19.3 Å². The SMILES string of the molecule is CC1(CO)CN(C(=O)CN2CCCCC(O)C2=O)C1. The molecule has 0 saturated carbocycles. The van der Waals surface area contributed by atoms with E-state index in [-0.39, 0.29) is 30.4 Å². The zero-order valence-corrected chi connectivity index (χ0v) is 11.3. The Morgan fingerprint density at radius 2 is 2.11 bits per heavy atom. The van der Waals surface area contributed by atoms with Gasteiger partial charge in [-0.1, -0.05) is 6.92 Å². The van der Waals surface area contributed by atoms with Gasteiger partial charge in [0.2, 0.25) is 5.91 Å². The highest BCUT2D eigenvalue weighted by Crippen LogP contribution is 2.29. The van der Waals surface area contributed by atoms with Crippen molar-refractivity contribution in [2.75, 3.05) is 32.8 Å². The smallest absolute Gasteiger partial charge is 0.251 e. The second kappa shape index (κ2) is 5.46. The van der Waals surface area contributed by atoms with E-state index in [4.69, 9.17) is 5.11 Å². The van der Waals surface area contributed by atoms with Crippen LogP contribution in [0, 0.1) is 5.41 Å². The number of carbonyl (C=O) groups excluding carboxylic acids is 2. The molecule has 0 aromatic carbocycles. The Bertz CT molecular complexity index is 366. The number of hydrogen-bond donors (Lipinski definition) is 2. The maximum atomic E-state index is 12.0. The molecule has 0 aliphatic carbocycles. The molecule has 0 aromatic heterocycles. The zero-order valence-electron chi connectivity index (χ0n) is 11.3. The van der Waals surface area contributed by atoms with Crippen LogP contribution in [0.4, 0.5) is 0 Å². The van der Waals surface area contributed by atoms with Crippen molar-refractivity contribution in [1.29, 1.82) is 0 Å². The van der Waals surface area contributed by atoms with Crippen molar-refractivity contribution in [1.82, 2.24) is 9.80 Å². The first-order chi connectivity index (χ1) is 8.95. The van der Waals surface area contributed by atoms with Crippen LogP contribution in [0.25, 0.3) is 0 Å². The molecular weight excluding hydrogens is 248 g/mol. The van der Waals surface area contributed by atoms with Crippen LogP contribution in [-0.2, 0) is 9.59 Å². The molecule has 2 rings (SSSR count). The molecule has 0 spiro atoms. The molecule has 2 fully saturated rings. The topological polar surface area (TPSA) is 81.1 Å². The highest BCUT2D eigenvalue weighted by atomic mass is 16.3. The minimum absolute atomic E-state index is 0.0391. The molecule has 2 amide bonds. The minimum atomic E-state index is -0.964. The maximum absolute atomic E-state index is 12.0. The van der Waals surface area contributed by atoms with Crippen LogP contribution >= 0.6 is 0 Å². The van der Waals surface area contributed by atoms with Gasteiger partial charge in [-0.25, -0.2) is 0 Å². The second-order valence-corrected chi connectivity index (χ2v) is 5.99. The lowest BCUT2D eigenvalue weighted by Crippen LogP contribution is -2.60. The molecule has 108 valence electrons. The van der Waals surface area contributed by atoms with E-state index < -0.39 is 6.10 Å². The predicted octanol–water partition coefficient (Wildman–Crippen LogP) is -0.799. The van der Waals surface area contributed by atoms with E-state index in [2.05, 4.69) is 0 Å². The Balaban J connectivity index is 1.87. The van der Waals surface area contributed by atoms with Crippen molar-refractivity contribution in [3.63, 3.8) is 0 Å². The maximum Gasteiger partial charge on any atom is 0.251 e. The Kier molecular flexibility index (Phi) is 4.10. The van der Waals surface area contributed by atoms with Crippen LogP contribution < -0.4 is 0 Å². The summed E-state index contributed by atoms with van der Waals surface area (Å²) >= 11 is 0. The van der Waals surface area contributed by atoms with Crippen LogP contribution in [0.15, 0.2) is 0 Å². The normalized spacial score (nSPS) is 26.9. The molecule has 19 heavy (non-hydrogen) atoms. The van der Waals surface area contributed by atoms with E-state index in [1.807, 2.05) is 6.92 Å². The Morgan fingerprint density at radius 1 is 1.42 bits per heavy atom. The molecule has 0 radical (unpaired) electrons. The summed E-state index contributed by atoms with van der Waals surface area (Å²) in [5.74, 6) is -0.440. The predicted molar refractivity (Wildman–Crippen MR) is 68.2 cm³/mol. The van der Waals surface area contributed by atoms with Gasteiger partial charge in [0.05, 0.1) is 13.2 Å². The summed E-state index contributed by atoms with van der Waals surface area (Å²) in [4.78, 5) is 27.0. The van der Waals surface area contributed by atoms with E-state index in [1.54, 1.807) is 4.90 Å². The molecule has 1 atom stereocenters. The fourth-order valence-corrected chi connectivity index (χ4v) is 2.66. The van der Waals surface area contributed by atoms with Crippen molar-refractivity contribution in [3.8, 4) is 0 Å². The van der Waals surface area contributed by atoms with E-state index in [0.29, 0.717) is 26.1 Å². The van der Waals surface area contributed by atoms with Gasteiger partial charge < -0.3 is 20.0 Å². The van der Waals surface area contributed by atoms with Crippen molar-refractivity contribution >= 4 is 11.8 Å². The average Bonchev–Trinajstić information content (AvgIpc) is 2.50. The molecule has 2 saturated heterocycles. The van der Waals surface area contributed by atoms with E-state index in [1.165, 1.54) is 4.90 Å². The van der Waals surface area contributed by atoms with E-state index in [0.717, 1.165) is 12.8 Å². The van der Waals surface area contributed by atoms with Crippen LogP contribution in [0.2, 0.25) is 0 Å². The molecule has 2 aliphatic rings. The summed E-state index contributed by atoms with van der Waals surface area (Å²) < 4.78 is 0. The lowest BCUT2D eigenvalue weighted by molar-refractivity contribution is -0.152. The van der Waals surface area contributed by atoms with Crippen molar-refractivity contribution in [2.45, 2.75) is 32.3 Å². The van der Waals surface area contributed by atoms with Gasteiger partial charge >= 0.3 is 0 Å². The number of rotatable bonds is 3. The Morgan fingerprint density at radius 3 is 2.74 bits per heavy atom. The summed E-state index contributed by atoms with van der Waals surface area (Å²) in [7, 11) is 0. The van der Waals surface area contributed by atoms with E-state index >= 15 is 0 Å². The van der Waals surface area contributed by atoms with Crippen molar-refractivity contribution < 1.29 is 19.8 Å².